The van der Waals surface area contributed by atoms with Crippen LogP contribution >= 0.6 is 23.1 Å². The third kappa shape index (κ3) is 6.74. The number of aromatic nitrogens is 2. The molecule has 4 aromatic rings. The molecule has 0 radical (unpaired) electrons. The van der Waals surface area contributed by atoms with Gasteiger partial charge in [0.2, 0.25) is 0 Å². The Balaban J connectivity index is 1.27. The van der Waals surface area contributed by atoms with Crippen LogP contribution in [0.25, 0.3) is 10.6 Å². The van der Waals surface area contributed by atoms with E-state index >= 15 is 0 Å². The number of thioether (sulfide) groups is 1. The first-order valence-corrected chi connectivity index (χ1v) is 12.1. The summed E-state index contributed by atoms with van der Waals surface area (Å²) in [6.07, 6.45) is 1.59. The Bertz CT molecular complexity index is 1220. The van der Waals surface area contributed by atoms with Crippen LogP contribution < -0.4 is 10.2 Å². The van der Waals surface area contributed by atoms with Crippen molar-refractivity contribution in [1.29, 1.82) is 0 Å². The second-order valence-electron chi connectivity index (χ2n) is 7.13. The van der Waals surface area contributed by atoms with Gasteiger partial charge in [-0.3, -0.25) is 4.79 Å². The SMILES string of the molecule is Cc1ccc(COc2ccccc2C=NNC(=O)CSc2nnc(-c3ccccc3)s2)cc1. The van der Waals surface area contributed by atoms with E-state index in [4.69, 9.17) is 4.74 Å². The monoisotopic (exact) mass is 474 g/mol. The summed E-state index contributed by atoms with van der Waals surface area (Å²) in [5, 5.41) is 13.3. The number of nitrogens with zero attached hydrogens (tertiary/aromatic N) is 3. The summed E-state index contributed by atoms with van der Waals surface area (Å²) < 4.78 is 6.68. The third-order valence-corrected chi connectivity index (χ3v) is 6.69. The number of amides is 1. The first-order chi connectivity index (χ1) is 16.2. The molecule has 1 amide bonds. The molecule has 0 spiro atoms. The molecule has 0 atom stereocenters. The predicted octanol–water partition coefficient (Wildman–Crippen LogP) is 5.33. The molecule has 0 aliphatic rings. The zero-order chi connectivity index (χ0) is 22.9. The van der Waals surface area contributed by atoms with E-state index in [0.29, 0.717) is 12.4 Å². The van der Waals surface area contributed by atoms with Gasteiger partial charge in [0, 0.05) is 11.1 Å². The van der Waals surface area contributed by atoms with Crippen molar-refractivity contribution in [1.82, 2.24) is 15.6 Å². The van der Waals surface area contributed by atoms with Crippen LogP contribution in [0.4, 0.5) is 0 Å². The van der Waals surface area contributed by atoms with Crippen LogP contribution in [-0.4, -0.2) is 28.1 Å². The molecule has 0 fully saturated rings. The molecule has 6 nitrogen and oxygen atoms in total. The molecule has 1 N–H and O–H groups in total. The first kappa shape index (κ1) is 22.7. The number of carbonyl (C=O) groups excluding carboxylic acids is 1. The standard InChI is InChI=1S/C25H22N4O2S2/c1-18-11-13-19(14-12-18)16-31-22-10-6-5-9-21(22)15-26-27-23(30)17-32-25-29-28-24(33-25)20-7-3-2-4-8-20/h2-15H,16-17H2,1H3,(H,27,30). The fourth-order valence-electron chi connectivity index (χ4n) is 2.86. The van der Waals surface area contributed by atoms with Gasteiger partial charge >= 0.3 is 0 Å². The molecule has 0 saturated heterocycles. The summed E-state index contributed by atoms with van der Waals surface area (Å²) in [6.45, 7) is 2.51. The zero-order valence-electron chi connectivity index (χ0n) is 18.0. The van der Waals surface area contributed by atoms with Gasteiger partial charge in [0.1, 0.15) is 17.4 Å². The van der Waals surface area contributed by atoms with E-state index in [1.165, 1.54) is 28.7 Å². The van der Waals surface area contributed by atoms with Gasteiger partial charge in [-0.15, -0.1) is 10.2 Å². The predicted molar refractivity (Wildman–Crippen MR) is 134 cm³/mol. The van der Waals surface area contributed by atoms with Gasteiger partial charge in [-0.1, -0.05) is 95.4 Å². The number of hydrazone groups is 1. The second-order valence-corrected chi connectivity index (χ2v) is 9.33. The number of hydrogen-bond acceptors (Lipinski definition) is 7. The van der Waals surface area contributed by atoms with Gasteiger partial charge < -0.3 is 4.74 Å². The number of nitrogens with one attached hydrogen (secondary N) is 1. The van der Waals surface area contributed by atoms with Crippen molar-refractivity contribution in [2.75, 3.05) is 5.75 Å². The lowest BCUT2D eigenvalue weighted by molar-refractivity contribution is -0.118. The molecule has 4 rings (SSSR count). The van der Waals surface area contributed by atoms with Crippen molar-refractivity contribution >= 4 is 35.2 Å². The summed E-state index contributed by atoms with van der Waals surface area (Å²) in [4.78, 5) is 12.2. The van der Waals surface area contributed by atoms with Gasteiger partial charge in [0.15, 0.2) is 4.34 Å². The summed E-state index contributed by atoms with van der Waals surface area (Å²) in [7, 11) is 0. The summed E-state index contributed by atoms with van der Waals surface area (Å²) in [6, 6.07) is 25.6. The first-order valence-electron chi connectivity index (χ1n) is 10.3. The van der Waals surface area contributed by atoms with Gasteiger partial charge in [-0.25, -0.2) is 5.43 Å². The number of ether oxygens (including phenoxy) is 1. The highest BCUT2D eigenvalue weighted by molar-refractivity contribution is 8.01. The maximum absolute atomic E-state index is 12.2. The van der Waals surface area contributed by atoms with Gasteiger partial charge in [0.25, 0.3) is 5.91 Å². The molecule has 0 aliphatic carbocycles. The molecule has 1 aromatic heterocycles. The average Bonchev–Trinajstić information content (AvgIpc) is 3.33. The van der Waals surface area contributed by atoms with E-state index in [9.17, 15) is 4.79 Å². The molecular weight excluding hydrogens is 452 g/mol. The normalized spacial score (nSPS) is 10.9. The Morgan fingerprint density at radius 1 is 1.03 bits per heavy atom. The lowest BCUT2D eigenvalue weighted by Gasteiger charge is -2.09. The van der Waals surface area contributed by atoms with E-state index in [0.717, 1.165) is 26.0 Å². The maximum atomic E-state index is 12.2. The Morgan fingerprint density at radius 2 is 1.79 bits per heavy atom. The number of hydrogen-bond donors (Lipinski definition) is 1. The molecular formula is C25H22N4O2S2. The molecule has 8 heteroatoms. The van der Waals surface area contributed by atoms with Crippen LogP contribution in [0.2, 0.25) is 0 Å². The van der Waals surface area contributed by atoms with Crippen LogP contribution in [0.3, 0.4) is 0 Å². The zero-order valence-corrected chi connectivity index (χ0v) is 19.6. The van der Waals surface area contributed by atoms with Crippen LogP contribution in [-0.2, 0) is 11.4 Å². The highest BCUT2D eigenvalue weighted by Gasteiger charge is 2.09. The lowest BCUT2D eigenvalue weighted by Crippen LogP contribution is -2.19. The van der Waals surface area contributed by atoms with E-state index in [1.54, 1.807) is 6.21 Å². The van der Waals surface area contributed by atoms with Gasteiger partial charge in [-0.2, -0.15) is 5.10 Å². The molecule has 0 bridgehead atoms. The van der Waals surface area contributed by atoms with Gasteiger partial charge in [0.05, 0.1) is 12.0 Å². The molecule has 0 aliphatic heterocycles. The maximum Gasteiger partial charge on any atom is 0.250 e. The van der Waals surface area contributed by atoms with Crippen molar-refractivity contribution in [3.05, 3.63) is 95.6 Å². The Hall–Kier alpha value is -3.49. The lowest BCUT2D eigenvalue weighted by atomic mass is 10.1. The van der Waals surface area contributed by atoms with E-state index in [2.05, 4.69) is 39.8 Å². The number of carbonyl (C=O) groups is 1. The van der Waals surface area contributed by atoms with Crippen LogP contribution in [0.15, 0.2) is 88.3 Å². The van der Waals surface area contributed by atoms with Crippen molar-refractivity contribution in [3.8, 4) is 16.3 Å². The fourth-order valence-corrected chi connectivity index (χ4v) is 4.51. The molecule has 0 saturated carbocycles. The summed E-state index contributed by atoms with van der Waals surface area (Å²) >= 11 is 2.80. The van der Waals surface area contributed by atoms with Crippen LogP contribution in [0.1, 0.15) is 16.7 Å². The molecule has 1 heterocycles. The molecule has 166 valence electrons. The largest absolute Gasteiger partial charge is 0.488 e. The fraction of sp³-hybridized carbons (Fsp3) is 0.120. The van der Waals surface area contributed by atoms with E-state index in [1.807, 2.05) is 66.7 Å². The van der Waals surface area contributed by atoms with Crippen LogP contribution in [0.5, 0.6) is 5.75 Å². The molecule has 0 unspecified atom stereocenters. The minimum atomic E-state index is -0.217. The quantitative estimate of drug-likeness (QED) is 0.201. The Kier molecular flexibility index (Phi) is 7.84. The summed E-state index contributed by atoms with van der Waals surface area (Å²) in [5.74, 6) is 0.685. The van der Waals surface area contributed by atoms with Crippen molar-refractivity contribution < 1.29 is 9.53 Å². The Morgan fingerprint density at radius 3 is 2.61 bits per heavy atom. The van der Waals surface area contributed by atoms with E-state index < -0.39 is 0 Å². The second kappa shape index (κ2) is 11.4. The van der Waals surface area contributed by atoms with Crippen molar-refractivity contribution in [2.24, 2.45) is 5.10 Å². The number of rotatable bonds is 9. The summed E-state index contributed by atoms with van der Waals surface area (Å²) in [5.41, 5.74) is 6.66. The van der Waals surface area contributed by atoms with Gasteiger partial charge in [-0.05, 0) is 24.6 Å². The topological polar surface area (TPSA) is 76.5 Å². The van der Waals surface area contributed by atoms with Crippen LogP contribution in [0, 0.1) is 6.92 Å². The minimum Gasteiger partial charge on any atom is -0.488 e. The molecule has 33 heavy (non-hydrogen) atoms. The number of para-hydroxylation sites is 1. The number of aryl methyl sites for hydroxylation is 1. The Labute approximate surface area is 200 Å². The van der Waals surface area contributed by atoms with Crippen molar-refractivity contribution in [2.45, 2.75) is 17.9 Å². The highest BCUT2D eigenvalue weighted by Crippen LogP contribution is 2.28. The average molecular weight is 475 g/mol. The third-order valence-electron chi connectivity index (χ3n) is 4.58. The van der Waals surface area contributed by atoms with Crippen molar-refractivity contribution in [3.63, 3.8) is 0 Å². The number of benzene rings is 3. The smallest absolute Gasteiger partial charge is 0.250 e. The molecule has 3 aromatic carbocycles. The minimum absolute atomic E-state index is 0.201. The van der Waals surface area contributed by atoms with E-state index in [-0.39, 0.29) is 11.7 Å². The highest BCUT2D eigenvalue weighted by atomic mass is 32.2.